The summed E-state index contributed by atoms with van der Waals surface area (Å²) in [6.45, 7) is 0. The molecule has 7 nitrogen and oxygen atoms in total. The second-order valence-corrected chi connectivity index (χ2v) is 4.19. The van der Waals surface area contributed by atoms with E-state index in [1.54, 1.807) is 12.4 Å². The summed E-state index contributed by atoms with van der Waals surface area (Å²) in [7, 11) is 0. The number of nitrogens with two attached hydrogens (primary N) is 3. The van der Waals surface area contributed by atoms with Crippen LogP contribution >= 0.6 is 11.8 Å². The van der Waals surface area contributed by atoms with Gasteiger partial charge in [0.05, 0.1) is 17.6 Å². The van der Waals surface area contributed by atoms with E-state index >= 15 is 0 Å². The molecule has 2 aromatic rings. The Bertz CT molecular complexity index is 510. The van der Waals surface area contributed by atoms with Gasteiger partial charge in [0.15, 0.2) is 0 Å². The zero-order chi connectivity index (χ0) is 12.3. The summed E-state index contributed by atoms with van der Waals surface area (Å²) in [6, 6.07) is 1.83. The standard InChI is InChI=1S/C9H11N7S/c10-5-3-13-2-1-6(5)17-4-7-14-8(11)16-9(12)15-7/h1-3H,4,10H2,(H4,11,12,14,15,16). The lowest BCUT2D eigenvalue weighted by Gasteiger charge is -2.04. The first-order chi connectivity index (χ1) is 8.15. The second-order valence-electron chi connectivity index (χ2n) is 3.17. The molecular formula is C9H11N7S. The van der Waals surface area contributed by atoms with Crippen LogP contribution in [0.3, 0.4) is 0 Å². The van der Waals surface area contributed by atoms with Gasteiger partial charge in [-0.3, -0.25) is 4.98 Å². The minimum Gasteiger partial charge on any atom is -0.397 e. The van der Waals surface area contributed by atoms with Gasteiger partial charge in [0, 0.05) is 11.1 Å². The van der Waals surface area contributed by atoms with E-state index in [1.165, 1.54) is 11.8 Å². The molecule has 0 radical (unpaired) electrons. The number of rotatable bonds is 3. The minimum absolute atomic E-state index is 0.121. The Hall–Kier alpha value is -2.09. The van der Waals surface area contributed by atoms with Gasteiger partial charge in [-0.1, -0.05) is 0 Å². The molecule has 0 aliphatic carbocycles. The van der Waals surface area contributed by atoms with Crippen molar-refractivity contribution in [3.05, 3.63) is 24.3 Å². The zero-order valence-corrected chi connectivity index (χ0v) is 9.68. The highest BCUT2D eigenvalue weighted by Crippen LogP contribution is 2.26. The van der Waals surface area contributed by atoms with Gasteiger partial charge in [-0.2, -0.15) is 15.0 Å². The summed E-state index contributed by atoms with van der Waals surface area (Å²) in [5.74, 6) is 1.29. The molecular weight excluding hydrogens is 238 g/mol. The number of hydrogen-bond donors (Lipinski definition) is 3. The molecule has 0 fully saturated rings. The molecule has 0 aliphatic heterocycles. The van der Waals surface area contributed by atoms with Crippen molar-refractivity contribution in [3.63, 3.8) is 0 Å². The van der Waals surface area contributed by atoms with E-state index in [2.05, 4.69) is 19.9 Å². The summed E-state index contributed by atoms with van der Waals surface area (Å²) < 4.78 is 0. The summed E-state index contributed by atoms with van der Waals surface area (Å²) in [4.78, 5) is 16.5. The molecule has 88 valence electrons. The number of pyridine rings is 1. The summed E-state index contributed by atoms with van der Waals surface area (Å²) in [6.07, 6.45) is 3.27. The summed E-state index contributed by atoms with van der Waals surface area (Å²) in [5.41, 5.74) is 17.3. The second kappa shape index (κ2) is 4.83. The molecule has 6 N–H and O–H groups in total. The van der Waals surface area contributed by atoms with Crippen LogP contribution in [0.1, 0.15) is 5.82 Å². The van der Waals surface area contributed by atoms with E-state index in [4.69, 9.17) is 17.2 Å². The van der Waals surface area contributed by atoms with Crippen LogP contribution < -0.4 is 17.2 Å². The van der Waals surface area contributed by atoms with Crippen molar-refractivity contribution in [2.45, 2.75) is 10.6 Å². The number of hydrogen-bond acceptors (Lipinski definition) is 8. The van der Waals surface area contributed by atoms with Crippen LogP contribution in [-0.4, -0.2) is 19.9 Å². The predicted octanol–water partition coefficient (Wildman–Crippen LogP) is 0.305. The topological polar surface area (TPSA) is 130 Å². The van der Waals surface area contributed by atoms with Crippen LogP contribution in [0.2, 0.25) is 0 Å². The molecule has 0 atom stereocenters. The molecule has 0 aliphatic rings. The molecule has 17 heavy (non-hydrogen) atoms. The highest BCUT2D eigenvalue weighted by Gasteiger charge is 2.04. The van der Waals surface area contributed by atoms with Crippen molar-refractivity contribution < 1.29 is 0 Å². The third-order valence-electron chi connectivity index (χ3n) is 1.88. The largest absolute Gasteiger partial charge is 0.397 e. The van der Waals surface area contributed by atoms with Crippen molar-refractivity contribution in [1.82, 2.24) is 19.9 Å². The van der Waals surface area contributed by atoms with Crippen molar-refractivity contribution in [2.75, 3.05) is 17.2 Å². The Kier molecular flexibility index (Phi) is 3.24. The van der Waals surface area contributed by atoms with E-state index in [9.17, 15) is 0 Å². The van der Waals surface area contributed by atoms with Gasteiger partial charge in [-0.15, -0.1) is 11.8 Å². The van der Waals surface area contributed by atoms with E-state index < -0.39 is 0 Å². The molecule has 0 saturated heterocycles. The lowest BCUT2D eigenvalue weighted by molar-refractivity contribution is 0.987. The molecule has 0 aromatic carbocycles. The number of thioether (sulfide) groups is 1. The monoisotopic (exact) mass is 249 g/mol. The Morgan fingerprint density at radius 2 is 1.76 bits per heavy atom. The molecule has 2 aromatic heterocycles. The minimum atomic E-state index is 0.121. The average molecular weight is 249 g/mol. The first-order valence-electron chi connectivity index (χ1n) is 4.73. The van der Waals surface area contributed by atoms with Gasteiger partial charge in [0.2, 0.25) is 11.9 Å². The van der Waals surface area contributed by atoms with Gasteiger partial charge in [0.25, 0.3) is 0 Å². The van der Waals surface area contributed by atoms with Crippen molar-refractivity contribution in [3.8, 4) is 0 Å². The highest BCUT2D eigenvalue weighted by molar-refractivity contribution is 7.98. The van der Waals surface area contributed by atoms with Crippen molar-refractivity contribution in [2.24, 2.45) is 0 Å². The third-order valence-corrected chi connectivity index (χ3v) is 2.97. The Morgan fingerprint density at radius 3 is 2.41 bits per heavy atom. The molecule has 0 amide bonds. The molecule has 0 unspecified atom stereocenters. The van der Waals surface area contributed by atoms with Crippen LogP contribution in [0.25, 0.3) is 0 Å². The predicted molar refractivity (Wildman–Crippen MR) is 66.9 cm³/mol. The van der Waals surface area contributed by atoms with Crippen molar-refractivity contribution >= 4 is 29.3 Å². The third kappa shape index (κ3) is 2.94. The number of nitrogen functional groups attached to an aromatic ring is 3. The smallest absolute Gasteiger partial charge is 0.225 e. The SMILES string of the molecule is Nc1nc(N)nc(CSc2ccncc2N)n1. The van der Waals surface area contributed by atoms with Gasteiger partial charge in [-0.05, 0) is 6.07 Å². The average Bonchev–Trinajstić information content (AvgIpc) is 2.27. The van der Waals surface area contributed by atoms with E-state index in [1.807, 2.05) is 6.07 Å². The molecule has 0 saturated carbocycles. The van der Waals surface area contributed by atoms with E-state index in [0.717, 1.165) is 4.90 Å². The highest BCUT2D eigenvalue weighted by atomic mass is 32.2. The van der Waals surface area contributed by atoms with E-state index in [-0.39, 0.29) is 11.9 Å². The summed E-state index contributed by atoms with van der Waals surface area (Å²) >= 11 is 1.49. The van der Waals surface area contributed by atoms with Crippen molar-refractivity contribution in [1.29, 1.82) is 0 Å². The lowest BCUT2D eigenvalue weighted by Crippen LogP contribution is -2.06. The van der Waals surface area contributed by atoms with Crippen LogP contribution in [0.15, 0.2) is 23.4 Å². The van der Waals surface area contributed by atoms with Gasteiger partial charge in [0.1, 0.15) is 5.82 Å². The maximum atomic E-state index is 5.76. The number of aromatic nitrogens is 4. The molecule has 8 heteroatoms. The van der Waals surface area contributed by atoms with Crippen LogP contribution in [-0.2, 0) is 5.75 Å². The Balaban J connectivity index is 2.10. The first kappa shape index (κ1) is 11.4. The first-order valence-corrected chi connectivity index (χ1v) is 5.72. The maximum Gasteiger partial charge on any atom is 0.225 e. The van der Waals surface area contributed by atoms with Gasteiger partial charge >= 0.3 is 0 Å². The fraction of sp³-hybridized carbons (Fsp3) is 0.111. The molecule has 0 spiro atoms. The quantitative estimate of drug-likeness (QED) is 0.662. The van der Waals surface area contributed by atoms with Crippen LogP contribution in [0, 0.1) is 0 Å². The van der Waals surface area contributed by atoms with Crippen LogP contribution in [0.5, 0.6) is 0 Å². The van der Waals surface area contributed by atoms with E-state index in [0.29, 0.717) is 17.3 Å². The zero-order valence-electron chi connectivity index (χ0n) is 8.87. The fourth-order valence-electron chi connectivity index (χ4n) is 1.19. The Morgan fingerprint density at radius 1 is 1.06 bits per heavy atom. The summed E-state index contributed by atoms with van der Waals surface area (Å²) in [5, 5.41) is 0. The van der Waals surface area contributed by atoms with Crippen LogP contribution in [0.4, 0.5) is 17.6 Å². The van der Waals surface area contributed by atoms with Gasteiger partial charge in [-0.25, -0.2) is 0 Å². The maximum absolute atomic E-state index is 5.76. The van der Waals surface area contributed by atoms with Gasteiger partial charge < -0.3 is 17.2 Å². The molecule has 2 heterocycles. The lowest BCUT2D eigenvalue weighted by atomic mass is 10.4. The number of anilines is 3. The normalized spacial score (nSPS) is 10.4. The molecule has 0 bridgehead atoms. The Labute approximate surface area is 102 Å². The number of nitrogens with zero attached hydrogens (tertiary/aromatic N) is 4. The molecule has 2 rings (SSSR count). The fourth-order valence-corrected chi connectivity index (χ4v) is 1.98.